The van der Waals surface area contributed by atoms with Crippen molar-refractivity contribution in [2.24, 2.45) is 11.8 Å². The smallest absolute Gasteiger partial charge is 0.119 e. The Bertz CT molecular complexity index is 493. The van der Waals surface area contributed by atoms with Crippen molar-refractivity contribution in [3.8, 4) is 5.75 Å². The highest BCUT2D eigenvalue weighted by molar-refractivity contribution is 5.34. The predicted molar refractivity (Wildman–Crippen MR) is 118 cm³/mol. The average molecular weight is 370 g/mol. The standard InChI is InChI=1S/C26H41O/c1-3-5-7-9-22-27-26-20-18-25(19-21-26)13-10-12-24-16-14-23(15-17-24)11-8-6-4-2/h10,12-13,18-21,23-24H,3-9,11,14-17,22H2,1-2H3/b12-10+/t23-,24-. The molecule has 1 aromatic carbocycles. The summed E-state index contributed by atoms with van der Waals surface area (Å²) in [5.74, 6) is 2.78. The third-order valence-corrected chi connectivity index (χ3v) is 5.93. The highest BCUT2D eigenvalue weighted by atomic mass is 16.5. The first-order chi connectivity index (χ1) is 13.3. The largest absolute Gasteiger partial charge is 0.494 e. The number of unbranched alkanes of at least 4 members (excludes halogenated alkanes) is 5. The molecule has 27 heavy (non-hydrogen) atoms. The van der Waals surface area contributed by atoms with Crippen LogP contribution in [0, 0.1) is 18.3 Å². The van der Waals surface area contributed by atoms with Gasteiger partial charge < -0.3 is 4.74 Å². The van der Waals surface area contributed by atoms with E-state index in [1.54, 1.807) is 0 Å². The molecule has 0 unspecified atom stereocenters. The molecule has 0 atom stereocenters. The number of hydrogen-bond donors (Lipinski definition) is 0. The highest BCUT2D eigenvalue weighted by Gasteiger charge is 2.18. The summed E-state index contributed by atoms with van der Waals surface area (Å²) in [6.45, 7) is 5.38. The molecule has 2 rings (SSSR count). The van der Waals surface area contributed by atoms with Crippen LogP contribution in [0.5, 0.6) is 5.75 Å². The molecular weight excluding hydrogens is 328 g/mol. The maximum absolute atomic E-state index is 5.82. The molecule has 1 saturated carbocycles. The Morgan fingerprint density at radius 1 is 0.852 bits per heavy atom. The molecule has 1 aromatic rings. The van der Waals surface area contributed by atoms with Crippen LogP contribution >= 0.6 is 0 Å². The summed E-state index contributed by atoms with van der Waals surface area (Å²) in [7, 11) is 0. The van der Waals surface area contributed by atoms with Crippen molar-refractivity contribution in [3.05, 3.63) is 48.4 Å². The first-order valence-electron chi connectivity index (χ1n) is 11.6. The Morgan fingerprint density at radius 3 is 2.26 bits per heavy atom. The van der Waals surface area contributed by atoms with Crippen LogP contribution in [0.15, 0.2) is 36.4 Å². The van der Waals surface area contributed by atoms with E-state index in [-0.39, 0.29) is 0 Å². The van der Waals surface area contributed by atoms with Crippen LogP contribution in [-0.2, 0) is 0 Å². The molecule has 1 fully saturated rings. The van der Waals surface area contributed by atoms with Crippen LogP contribution in [-0.4, -0.2) is 6.61 Å². The minimum atomic E-state index is 0.786. The fourth-order valence-electron chi connectivity index (χ4n) is 4.07. The van der Waals surface area contributed by atoms with Crippen LogP contribution in [0.2, 0.25) is 0 Å². The summed E-state index contributed by atoms with van der Waals surface area (Å²) in [5.41, 5.74) is 1.26. The zero-order valence-corrected chi connectivity index (χ0v) is 17.8. The van der Waals surface area contributed by atoms with E-state index in [1.807, 2.05) is 0 Å². The summed E-state index contributed by atoms with van der Waals surface area (Å²) in [5, 5.41) is 0. The number of ether oxygens (including phenoxy) is 1. The van der Waals surface area contributed by atoms with E-state index in [0.29, 0.717) is 0 Å². The molecule has 0 amide bonds. The fraction of sp³-hybridized carbons (Fsp3) is 0.654. The predicted octanol–water partition coefficient (Wildman–Crippen LogP) is 8.14. The van der Waals surface area contributed by atoms with Gasteiger partial charge in [0.05, 0.1) is 6.61 Å². The average Bonchev–Trinajstić information content (AvgIpc) is 2.70. The van der Waals surface area contributed by atoms with Gasteiger partial charge in [-0.1, -0.05) is 83.1 Å². The van der Waals surface area contributed by atoms with Gasteiger partial charge >= 0.3 is 0 Å². The van der Waals surface area contributed by atoms with Gasteiger partial charge in [-0.3, -0.25) is 0 Å². The van der Waals surface area contributed by atoms with Crippen molar-refractivity contribution in [3.63, 3.8) is 0 Å². The molecule has 0 spiro atoms. The minimum absolute atomic E-state index is 0.786. The van der Waals surface area contributed by atoms with Crippen molar-refractivity contribution in [1.29, 1.82) is 0 Å². The molecule has 0 aliphatic heterocycles. The van der Waals surface area contributed by atoms with Crippen molar-refractivity contribution < 1.29 is 4.74 Å². The number of benzene rings is 1. The van der Waals surface area contributed by atoms with E-state index in [2.05, 4.69) is 56.7 Å². The molecule has 1 aliphatic rings. The van der Waals surface area contributed by atoms with Gasteiger partial charge in [-0.2, -0.15) is 0 Å². The summed E-state index contributed by atoms with van der Waals surface area (Å²) in [6, 6.07) is 8.52. The second-order valence-electron chi connectivity index (χ2n) is 8.31. The zero-order chi connectivity index (χ0) is 19.2. The molecule has 0 heterocycles. The first-order valence-corrected chi connectivity index (χ1v) is 11.6. The topological polar surface area (TPSA) is 9.23 Å². The summed E-state index contributed by atoms with van der Waals surface area (Å²) in [6.07, 6.45) is 23.2. The van der Waals surface area contributed by atoms with E-state index >= 15 is 0 Å². The maximum Gasteiger partial charge on any atom is 0.119 e. The number of allylic oxidation sites excluding steroid dienone is 2. The van der Waals surface area contributed by atoms with Gasteiger partial charge in [0, 0.05) is 6.42 Å². The van der Waals surface area contributed by atoms with Crippen LogP contribution in [0.4, 0.5) is 0 Å². The van der Waals surface area contributed by atoms with Gasteiger partial charge in [0.2, 0.25) is 0 Å². The lowest BCUT2D eigenvalue weighted by molar-refractivity contribution is 0.289. The summed E-state index contributed by atoms with van der Waals surface area (Å²) >= 11 is 0. The van der Waals surface area contributed by atoms with Gasteiger partial charge in [0.25, 0.3) is 0 Å². The Hall–Kier alpha value is -1.24. The van der Waals surface area contributed by atoms with Crippen LogP contribution in [0.3, 0.4) is 0 Å². The molecule has 151 valence electrons. The van der Waals surface area contributed by atoms with E-state index < -0.39 is 0 Å². The first kappa shape index (κ1) is 22.1. The molecule has 0 N–H and O–H groups in total. The number of rotatable bonds is 13. The third kappa shape index (κ3) is 9.49. The lowest BCUT2D eigenvalue weighted by Gasteiger charge is -2.26. The Morgan fingerprint density at radius 2 is 1.56 bits per heavy atom. The van der Waals surface area contributed by atoms with Gasteiger partial charge in [0.15, 0.2) is 0 Å². The quantitative estimate of drug-likeness (QED) is 0.319. The lowest BCUT2D eigenvalue weighted by Crippen LogP contribution is -2.13. The van der Waals surface area contributed by atoms with E-state index in [9.17, 15) is 0 Å². The lowest BCUT2D eigenvalue weighted by atomic mass is 9.79. The van der Waals surface area contributed by atoms with E-state index in [0.717, 1.165) is 30.6 Å². The normalized spacial score (nSPS) is 20.2. The Kier molecular flexibility index (Phi) is 11.3. The van der Waals surface area contributed by atoms with E-state index in [4.69, 9.17) is 4.74 Å². The maximum atomic E-state index is 5.82. The zero-order valence-electron chi connectivity index (χ0n) is 17.8. The molecule has 0 aromatic heterocycles. The summed E-state index contributed by atoms with van der Waals surface area (Å²) in [4.78, 5) is 0. The van der Waals surface area contributed by atoms with Crippen LogP contribution < -0.4 is 4.74 Å². The van der Waals surface area contributed by atoms with Gasteiger partial charge in [-0.05, 0) is 61.6 Å². The van der Waals surface area contributed by atoms with Gasteiger partial charge in [-0.15, -0.1) is 0 Å². The minimum Gasteiger partial charge on any atom is -0.494 e. The SMILES string of the molecule is CCCCCCOc1ccc([CH]/C=C/[C@H]2CC[C@H](CCCCC)CC2)cc1. The Balaban J connectivity index is 1.60. The fourth-order valence-corrected chi connectivity index (χ4v) is 4.07. The summed E-state index contributed by atoms with van der Waals surface area (Å²) < 4.78 is 5.82. The highest BCUT2D eigenvalue weighted by Crippen LogP contribution is 2.32. The second kappa shape index (κ2) is 13.9. The van der Waals surface area contributed by atoms with Crippen LogP contribution in [0.1, 0.15) is 96.5 Å². The molecule has 1 radical (unpaired) electrons. The van der Waals surface area contributed by atoms with Gasteiger partial charge in [-0.25, -0.2) is 0 Å². The molecule has 0 saturated heterocycles. The Labute approximate surface area is 168 Å². The molecule has 0 bridgehead atoms. The van der Waals surface area contributed by atoms with Crippen molar-refractivity contribution in [2.45, 2.75) is 90.9 Å². The van der Waals surface area contributed by atoms with Crippen LogP contribution in [0.25, 0.3) is 0 Å². The monoisotopic (exact) mass is 369 g/mol. The second-order valence-corrected chi connectivity index (χ2v) is 8.31. The van der Waals surface area contributed by atoms with Gasteiger partial charge in [0.1, 0.15) is 5.75 Å². The molecule has 1 aliphatic carbocycles. The molecule has 1 nitrogen and oxygen atoms in total. The van der Waals surface area contributed by atoms with E-state index in [1.165, 1.54) is 76.2 Å². The third-order valence-electron chi connectivity index (χ3n) is 5.93. The molecular formula is C26H41O. The van der Waals surface area contributed by atoms with Crippen molar-refractivity contribution >= 4 is 0 Å². The van der Waals surface area contributed by atoms with Crippen molar-refractivity contribution in [1.82, 2.24) is 0 Å². The van der Waals surface area contributed by atoms with Crippen molar-refractivity contribution in [2.75, 3.05) is 6.61 Å². The molecule has 1 heteroatoms. The number of hydrogen-bond acceptors (Lipinski definition) is 1.